The molecule has 1 saturated carbocycles. The van der Waals surface area contributed by atoms with Crippen molar-refractivity contribution in [2.45, 2.75) is 58.9 Å². The Hall–Kier alpha value is -1.02. The first-order valence-electron chi connectivity index (χ1n) is 8.24. The Morgan fingerprint density at radius 2 is 2.05 bits per heavy atom. The van der Waals surface area contributed by atoms with Crippen molar-refractivity contribution in [3.8, 4) is 0 Å². The van der Waals surface area contributed by atoms with Crippen LogP contribution in [0.2, 0.25) is 0 Å². The van der Waals surface area contributed by atoms with Gasteiger partial charge in [-0.05, 0) is 68.2 Å². The molecule has 112 valence electrons. The predicted molar refractivity (Wildman–Crippen MR) is 88.4 cm³/mol. The lowest BCUT2D eigenvalue weighted by Gasteiger charge is -2.25. The summed E-state index contributed by atoms with van der Waals surface area (Å²) in [6.07, 6.45) is 6.10. The summed E-state index contributed by atoms with van der Waals surface area (Å²) in [5, 5.41) is 0. The molecule has 0 aromatic heterocycles. The second-order valence-corrected chi connectivity index (χ2v) is 6.37. The van der Waals surface area contributed by atoms with Crippen molar-refractivity contribution >= 4 is 5.69 Å². The van der Waals surface area contributed by atoms with E-state index >= 15 is 0 Å². The average Bonchev–Trinajstić information content (AvgIpc) is 3.24. The second kappa shape index (κ2) is 7.12. The standard InChI is InChI=1S/C18H30N2/c1-4-10-20(13-15-6-7-15)18-9-8-16(14(3)11-18)12-17(19)5-2/h8-9,11,15,17H,4-7,10,12-13,19H2,1-3H3. The topological polar surface area (TPSA) is 29.3 Å². The zero-order valence-corrected chi connectivity index (χ0v) is 13.4. The normalized spacial score (nSPS) is 16.2. The van der Waals surface area contributed by atoms with Crippen molar-refractivity contribution in [1.82, 2.24) is 0 Å². The molecule has 0 bridgehead atoms. The van der Waals surface area contributed by atoms with Crippen LogP contribution in [0, 0.1) is 12.8 Å². The molecule has 1 aliphatic rings. The summed E-state index contributed by atoms with van der Waals surface area (Å²) in [5.74, 6) is 0.940. The van der Waals surface area contributed by atoms with E-state index in [0.29, 0.717) is 0 Å². The van der Waals surface area contributed by atoms with E-state index in [2.05, 4.69) is 43.9 Å². The lowest BCUT2D eigenvalue weighted by atomic mass is 9.99. The number of aryl methyl sites for hydroxylation is 1. The van der Waals surface area contributed by atoms with Crippen molar-refractivity contribution in [2.24, 2.45) is 11.7 Å². The minimum absolute atomic E-state index is 0.290. The van der Waals surface area contributed by atoms with Crippen LogP contribution in [0.5, 0.6) is 0 Å². The molecule has 1 aliphatic carbocycles. The van der Waals surface area contributed by atoms with Gasteiger partial charge in [-0.3, -0.25) is 0 Å². The predicted octanol–water partition coefficient (Wildman–Crippen LogP) is 3.90. The van der Waals surface area contributed by atoms with Gasteiger partial charge in [0, 0.05) is 24.8 Å². The Labute approximate surface area is 124 Å². The van der Waals surface area contributed by atoms with Crippen LogP contribution in [0.15, 0.2) is 18.2 Å². The van der Waals surface area contributed by atoms with Crippen LogP contribution in [-0.4, -0.2) is 19.1 Å². The van der Waals surface area contributed by atoms with E-state index < -0.39 is 0 Å². The maximum atomic E-state index is 6.08. The summed E-state index contributed by atoms with van der Waals surface area (Å²) in [7, 11) is 0. The largest absolute Gasteiger partial charge is 0.371 e. The molecule has 1 aromatic carbocycles. The highest BCUT2D eigenvalue weighted by Gasteiger charge is 2.24. The summed E-state index contributed by atoms with van der Waals surface area (Å²) in [5.41, 5.74) is 10.3. The van der Waals surface area contributed by atoms with Crippen LogP contribution < -0.4 is 10.6 Å². The third-order valence-electron chi connectivity index (χ3n) is 4.37. The van der Waals surface area contributed by atoms with Gasteiger partial charge in [-0.25, -0.2) is 0 Å². The number of rotatable bonds is 8. The fraction of sp³-hybridized carbons (Fsp3) is 0.667. The number of hydrogen-bond donors (Lipinski definition) is 1. The van der Waals surface area contributed by atoms with E-state index in [4.69, 9.17) is 5.73 Å². The zero-order valence-electron chi connectivity index (χ0n) is 13.4. The first-order chi connectivity index (χ1) is 9.63. The minimum Gasteiger partial charge on any atom is -0.371 e. The van der Waals surface area contributed by atoms with Crippen LogP contribution in [-0.2, 0) is 6.42 Å². The third kappa shape index (κ3) is 4.24. The molecule has 0 heterocycles. The summed E-state index contributed by atoms with van der Waals surface area (Å²) >= 11 is 0. The minimum atomic E-state index is 0.290. The Morgan fingerprint density at radius 1 is 1.30 bits per heavy atom. The molecule has 0 amide bonds. The molecule has 2 rings (SSSR count). The Kier molecular flexibility index (Phi) is 5.47. The Bertz CT molecular complexity index is 423. The molecule has 1 unspecified atom stereocenters. The molecule has 0 aliphatic heterocycles. The highest BCUT2D eigenvalue weighted by atomic mass is 15.1. The Morgan fingerprint density at radius 3 is 2.60 bits per heavy atom. The SMILES string of the molecule is CCCN(CC1CC1)c1ccc(CC(N)CC)c(C)c1. The Balaban J connectivity index is 2.08. The van der Waals surface area contributed by atoms with Crippen LogP contribution in [0.3, 0.4) is 0 Å². The summed E-state index contributed by atoms with van der Waals surface area (Å²) < 4.78 is 0. The molecule has 2 heteroatoms. The van der Waals surface area contributed by atoms with Crippen molar-refractivity contribution < 1.29 is 0 Å². The molecule has 2 nitrogen and oxygen atoms in total. The smallest absolute Gasteiger partial charge is 0.0369 e. The van der Waals surface area contributed by atoms with E-state index in [1.165, 1.54) is 49.2 Å². The molecule has 1 fully saturated rings. The van der Waals surface area contributed by atoms with E-state index in [1.807, 2.05) is 0 Å². The fourth-order valence-corrected chi connectivity index (χ4v) is 2.74. The number of anilines is 1. The summed E-state index contributed by atoms with van der Waals surface area (Å²) in [6, 6.07) is 7.23. The van der Waals surface area contributed by atoms with Crippen molar-refractivity contribution in [2.75, 3.05) is 18.0 Å². The number of benzene rings is 1. The van der Waals surface area contributed by atoms with Crippen molar-refractivity contribution in [1.29, 1.82) is 0 Å². The first kappa shape index (κ1) is 15.4. The monoisotopic (exact) mass is 274 g/mol. The van der Waals surface area contributed by atoms with Gasteiger partial charge in [0.25, 0.3) is 0 Å². The average molecular weight is 274 g/mol. The van der Waals surface area contributed by atoms with E-state index in [1.54, 1.807) is 0 Å². The summed E-state index contributed by atoms with van der Waals surface area (Å²) in [6.45, 7) is 9.06. The van der Waals surface area contributed by atoms with Crippen LogP contribution in [0.25, 0.3) is 0 Å². The number of nitrogens with two attached hydrogens (primary N) is 1. The highest BCUT2D eigenvalue weighted by molar-refractivity contribution is 5.51. The molecule has 1 atom stereocenters. The fourth-order valence-electron chi connectivity index (χ4n) is 2.74. The first-order valence-corrected chi connectivity index (χ1v) is 8.24. The molecular weight excluding hydrogens is 244 g/mol. The van der Waals surface area contributed by atoms with Gasteiger partial charge in [-0.2, -0.15) is 0 Å². The number of hydrogen-bond acceptors (Lipinski definition) is 2. The van der Waals surface area contributed by atoms with Gasteiger partial charge in [0.2, 0.25) is 0 Å². The van der Waals surface area contributed by atoms with Crippen molar-refractivity contribution in [3.63, 3.8) is 0 Å². The van der Waals surface area contributed by atoms with Gasteiger partial charge in [0.05, 0.1) is 0 Å². The quantitative estimate of drug-likeness (QED) is 0.779. The molecular formula is C18H30N2. The van der Waals surface area contributed by atoms with Gasteiger partial charge in [-0.1, -0.05) is 19.9 Å². The molecule has 2 N–H and O–H groups in total. The molecule has 0 spiro atoms. The summed E-state index contributed by atoms with van der Waals surface area (Å²) in [4.78, 5) is 2.56. The van der Waals surface area contributed by atoms with Gasteiger partial charge in [-0.15, -0.1) is 0 Å². The molecule has 20 heavy (non-hydrogen) atoms. The van der Waals surface area contributed by atoms with Gasteiger partial charge < -0.3 is 10.6 Å². The number of nitrogens with zero attached hydrogens (tertiary/aromatic N) is 1. The van der Waals surface area contributed by atoms with Crippen LogP contribution in [0.4, 0.5) is 5.69 Å². The second-order valence-electron chi connectivity index (χ2n) is 6.37. The maximum absolute atomic E-state index is 6.08. The van der Waals surface area contributed by atoms with Crippen molar-refractivity contribution in [3.05, 3.63) is 29.3 Å². The lowest BCUT2D eigenvalue weighted by Crippen LogP contribution is -2.27. The zero-order chi connectivity index (χ0) is 14.5. The van der Waals surface area contributed by atoms with Gasteiger partial charge >= 0.3 is 0 Å². The van der Waals surface area contributed by atoms with Gasteiger partial charge in [0.15, 0.2) is 0 Å². The van der Waals surface area contributed by atoms with Crippen LogP contribution >= 0.6 is 0 Å². The third-order valence-corrected chi connectivity index (χ3v) is 4.37. The van der Waals surface area contributed by atoms with E-state index in [9.17, 15) is 0 Å². The highest BCUT2D eigenvalue weighted by Crippen LogP contribution is 2.32. The maximum Gasteiger partial charge on any atom is 0.0369 e. The van der Waals surface area contributed by atoms with E-state index in [-0.39, 0.29) is 6.04 Å². The molecule has 0 saturated heterocycles. The lowest BCUT2D eigenvalue weighted by molar-refractivity contribution is 0.644. The molecule has 0 radical (unpaired) electrons. The van der Waals surface area contributed by atoms with E-state index in [0.717, 1.165) is 18.8 Å². The molecule has 1 aromatic rings. The van der Waals surface area contributed by atoms with Gasteiger partial charge in [0.1, 0.15) is 0 Å². The van der Waals surface area contributed by atoms with Crippen LogP contribution in [0.1, 0.15) is 50.7 Å².